The third-order valence-electron chi connectivity index (χ3n) is 6.59. The number of carboxylic acid groups (broad SMARTS) is 1. The first-order valence-corrected chi connectivity index (χ1v) is 10.7. The van der Waals surface area contributed by atoms with Crippen LogP contribution < -0.4 is 0 Å². The van der Waals surface area contributed by atoms with Crippen LogP contribution >= 0.6 is 0 Å². The van der Waals surface area contributed by atoms with Crippen LogP contribution in [0.1, 0.15) is 17.9 Å². The first-order chi connectivity index (χ1) is 16.5. The molecule has 4 rings (SSSR count). The van der Waals surface area contributed by atoms with Crippen LogP contribution in [0, 0.1) is 0 Å². The second-order valence-corrected chi connectivity index (χ2v) is 8.70. The van der Waals surface area contributed by atoms with Crippen molar-refractivity contribution < 1.29 is 69.4 Å². The first-order valence-electron chi connectivity index (χ1n) is 10.7. The van der Waals surface area contributed by atoms with E-state index in [1.54, 1.807) is 0 Å². The Morgan fingerprint density at radius 2 is 1.77 bits per heavy atom. The lowest BCUT2D eigenvalue weighted by Gasteiger charge is -2.46. The Morgan fingerprint density at radius 1 is 1.11 bits per heavy atom. The molecule has 14 nitrogen and oxygen atoms in total. The van der Waals surface area contributed by atoms with Gasteiger partial charge in [-0.3, -0.25) is 4.79 Å². The van der Waals surface area contributed by atoms with Crippen molar-refractivity contribution in [1.82, 2.24) is 0 Å². The smallest absolute Gasteiger partial charge is 0.345 e. The lowest BCUT2D eigenvalue weighted by molar-refractivity contribution is -0.391. The van der Waals surface area contributed by atoms with Gasteiger partial charge in [0, 0.05) is 5.92 Å². The molecular weight excluding hydrogens is 476 g/mol. The zero-order valence-electron chi connectivity index (χ0n) is 18.1. The lowest BCUT2D eigenvalue weighted by atomic mass is 9.74. The molecule has 3 fully saturated rings. The number of phenolic OH excluding ortho intramolecular Hbond substituents is 1. The van der Waals surface area contributed by atoms with Gasteiger partial charge in [0.1, 0.15) is 36.3 Å². The predicted molar refractivity (Wildman–Crippen MR) is 107 cm³/mol. The number of aliphatic carboxylic acids is 1. The zero-order chi connectivity index (χ0) is 25.7. The molecule has 10 atom stereocenters. The fourth-order valence-corrected chi connectivity index (χ4v) is 4.76. The Hall–Kier alpha value is -2.40. The first kappa shape index (κ1) is 25.7. The highest BCUT2D eigenvalue weighted by molar-refractivity contribution is 5.87. The molecule has 0 aliphatic carbocycles. The number of aliphatic hydroxyl groups excluding tert-OH is 5. The molecular formula is C21H26O14. The van der Waals surface area contributed by atoms with E-state index in [2.05, 4.69) is 0 Å². The summed E-state index contributed by atoms with van der Waals surface area (Å²) in [4.78, 5) is 24.8. The summed E-state index contributed by atoms with van der Waals surface area (Å²) in [5.74, 6) is -7.27. The van der Waals surface area contributed by atoms with Gasteiger partial charge in [0.25, 0.3) is 5.79 Å². The number of hydrogen-bond acceptors (Lipinski definition) is 13. The molecule has 0 amide bonds. The standard InChI is InChI=1S/C21H26O14/c22-6-12-14(27)15(28)16(29)18(33-12)35-21-17(11(24)7-32-21)34-19(30)20(21,31)10(5-13(25)26)8-1-3-9(23)4-2-8/h1-4,10-12,14-18,22-24,27-29,31H,5-7H2,(H,25,26)/t10-,11-,12-,14-,15+,16-,17-,18+,20-,21-/m1/s1. The van der Waals surface area contributed by atoms with Gasteiger partial charge in [0.05, 0.1) is 19.6 Å². The van der Waals surface area contributed by atoms with Gasteiger partial charge in [-0.25, -0.2) is 4.79 Å². The average molecular weight is 502 g/mol. The van der Waals surface area contributed by atoms with Crippen LogP contribution in [0.2, 0.25) is 0 Å². The number of phenols is 1. The molecule has 1 aromatic rings. The highest BCUT2D eigenvalue weighted by atomic mass is 16.8. The van der Waals surface area contributed by atoms with E-state index in [0.717, 1.165) is 0 Å². The van der Waals surface area contributed by atoms with Crippen LogP contribution in [-0.4, -0.2) is 120 Å². The summed E-state index contributed by atoms with van der Waals surface area (Å²) in [6.45, 7) is -1.34. The molecule has 0 aromatic heterocycles. The van der Waals surface area contributed by atoms with Crippen molar-refractivity contribution in [2.75, 3.05) is 13.2 Å². The molecule has 0 saturated carbocycles. The maximum absolute atomic E-state index is 13.1. The molecule has 35 heavy (non-hydrogen) atoms. The largest absolute Gasteiger partial charge is 0.508 e. The Balaban J connectivity index is 1.80. The van der Waals surface area contributed by atoms with Crippen LogP contribution in [0.5, 0.6) is 5.75 Å². The topological polar surface area (TPSA) is 233 Å². The molecule has 3 saturated heterocycles. The van der Waals surface area contributed by atoms with Crippen molar-refractivity contribution in [1.29, 1.82) is 0 Å². The van der Waals surface area contributed by atoms with Crippen molar-refractivity contribution in [2.24, 2.45) is 0 Å². The Labute approximate surface area is 197 Å². The number of fused-ring (bicyclic) bond motifs is 1. The van der Waals surface area contributed by atoms with Crippen molar-refractivity contribution >= 4 is 11.9 Å². The molecule has 0 bridgehead atoms. The zero-order valence-corrected chi connectivity index (χ0v) is 18.1. The minimum atomic E-state index is -2.94. The molecule has 0 radical (unpaired) electrons. The number of aliphatic hydroxyl groups is 6. The van der Waals surface area contributed by atoms with E-state index in [0.29, 0.717) is 0 Å². The Kier molecular flexibility index (Phi) is 6.78. The number of aromatic hydroxyl groups is 1. The van der Waals surface area contributed by atoms with E-state index in [1.807, 2.05) is 0 Å². The number of rotatable bonds is 7. The molecule has 3 aliphatic rings. The van der Waals surface area contributed by atoms with Gasteiger partial charge < -0.3 is 59.8 Å². The van der Waals surface area contributed by atoms with E-state index < -0.39 is 91.8 Å². The van der Waals surface area contributed by atoms with Gasteiger partial charge in [-0.15, -0.1) is 0 Å². The number of benzene rings is 1. The van der Waals surface area contributed by atoms with Gasteiger partial charge >= 0.3 is 11.9 Å². The highest BCUT2D eigenvalue weighted by Crippen LogP contribution is 2.54. The summed E-state index contributed by atoms with van der Waals surface area (Å²) in [7, 11) is 0. The molecule has 1 aromatic carbocycles. The monoisotopic (exact) mass is 502 g/mol. The minimum Gasteiger partial charge on any atom is -0.508 e. The number of carbonyl (C=O) groups is 2. The lowest BCUT2D eigenvalue weighted by Crippen LogP contribution is -2.67. The van der Waals surface area contributed by atoms with Crippen LogP contribution in [-0.2, 0) is 28.5 Å². The number of carboxylic acids is 1. The summed E-state index contributed by atoms with van der Waals surface area (Å²) in [5.41, 5.74) is -2.88. The van der Waals surface area contributed by atoms with E-state index in [4.69, 9.17) is 18.9 Å². The van der Waals surface area contributed by atoms with E-state index >= 15 is 0 Å². The van der Waals surface area contributed by atoms with Gasteiger partial charge in [-0.05, 0) is 17.7 Å². The van der Waals surface area contributed by atoms with E-state index in [1.165, 1.54) is 24.3 Å². The average Bonchev–Trinajstić information content (AvgIpc) is 3.24. The molecule has 14 heteroatoms. The van der Waals surface area contributed by atoms with E-state index in [9.17, 15) is 50.4 Å². The van der Waals surface area contributed by atoms with Crippen molar-refractivity contribution in [3.63, 3.8) is 0 Å². The Bertz CT molecular complexity index is 952. The van der Waals surface area contributed by atoms with Gasteiger partial charge in [0.15, 0.2) is 12.4 Å². The molecule has 8 N–H and O–H groups in total. The van der Waals surface area contributed by atoms with Crippen LogP contribution in [0.3, 0.4) is 0 Å². The van der Waals surface area contributed by atoms with Crippen molar-refractivity contribution in [3.8, 4) is 5.75 Å². The van der Waals surface area contributed by atoms with Crippen molar-refractivity contribution in [2.45, 2.75) is 66.6 Å². The summed E-state index contributed by atoms with van der Waals surface area (Å²) in [5, 5.41) is 81.4. The van der Waals surface area contributed by atoms with Gasteiger partial charge in [0.2, 0.25) is 5.60 Å². The highest BCUT2D eigenvalue weighted by Gasteiger charge is 2.78. The third kappa shape index (κ3) is 3.96. The van der Waals surface area contributed by atoms with Crippen LogP contribution in [0.25, 0.3) is 0 Å². The predicted octanol–water partition coefficient (Wildman–Crippen LogP) is -3.49. The van der Waals surface area contributed by atoms with Crippen molar-refractivity contribution in [3.05, 3.63) is 29.8 Å². The molecule has 0 spiro atoms. The number of hydrogen-bond donors (Lipinski definition) is 8. The maximum Gasteiger partial charge on any atom is 0.345 e. The Morgan fingerprint density at radius 3 is 2.37 bits per heavy atom. The molecule has 3 heterocycles. The normalized spacial score (nSPS) is 41.9. The number of ether oxygens (including phenoxy) is 4. The van der Waals surface area contributed by atoms with Gasteiger partial charge in [-0.1, -0.05) is 12.1 Å². The maximum atomic E-state index is 13.1. The SMILES string of the molecule is O=C(O)C[C@H](c1ccc(O)cc1)[C@@]1(O)C(=O)O[C@@H]2[C@H](O)CO[C@@]21O[C@@H]1O[C@H](CO)[C@@H](O)[C@H](O)[C@H]1O. The second kappa shape index (κ2) is 9.24. The minimum absolute atomic E-state index is 0.0621. The number of carbonyl (C=O) groups excluding carboxylic acids is 1. The van der Waals surface area contributed by atoms with Crippen LogP contribution in [0.15, 0.2) is 24.3 Å². The quantitative estimate of drug-likeness (QED) is 0.169. The second-order valence-electron chi connectivity index (χ2n) is 8.70. The summed E-state index contributed by atoms with van der Waals surface area (Å²) >= 11 is 0. The molecule has 194 valence electrons. The van der Waals surface area contributed by atoms with Crippen LogP contribution in [0.4, 0.5) is 0 Å². The molecule has 0 unspecified atom stereocenters. The number of esters is 1. The van der Waals surface area contributed by atoms with Gasteiger partial charge in [-0.2, -0.15) is 0 Å². The summed E-state index contributed by atoms with van der Waals surface area (Å²) in [6.07, 6.45) is -13.1. The fraction of sp³-hybridized carbons (Fsp3) is 0.619. The molecule has 3 aliphatic heterocycles. The summed E-state index contributed by atoms with van der Waals surface area (Å²) in [6, 6.07) is 4.91. The third-order valence-corrected chi connectivity index (χ3v) is 6.59. The summed E-state index contributed by atoms with van der Waals surface area (Å²) < 4.78 is 21.8. The van der Waals surface area contributed by atoms with E-state index in [-0.39, 0.29) is 11.3 Å². The fourth-order valence-electron chi connectivity index (χ4n) is 4.76.